The van der Waals surface area contributed by atoms with Gasteiger partial charge in [-0.25, -0.2) is 4.79 Å². The van der Waals surface area contributed by atoms with Crippen molar-refractivity contribution in [1.82, 2.24) is 20.0 Å². The standard InChI is InChI=1S/C17H30N4O3/c1-12-14(10-18-8-13-9-19-20(7)11-13)21(17(5,6)23-12)15(22)24-16(2,3)4/h9,11-12,14,18H,8,10H2,1-7H3/t12-,14-/m0/s1. The maximum absolute atomic E-state index is 12.7. The summed E-state index contributed by atoms with van der Waals surface area (Å²) in [6.07, 6.45) is 3.38. The summed E-state index contributed by atoms with van der Waals surface area (Å²) in [5.74, 6) is 0. The molecular weight excluding hydrogens is 308 g/mol. The first-order valence-corrected chi connectivity index (χ1v) is 8.38. The first-order chi connectivity index (χ1) is 11.0. The molecule has 1 aliphatic heterocycles. The van der Waals surface area contributed by atoms with Gasteiger partial charge < -0.3 is 14.8 Å². The number of nitrogens with one attached hydrogen (secondary N) is 1. The molecule has 1 aromatic rings. The van der Waals surface area contributed by atoms with Crippen molar-refractivity contribution in [3.8, 4) is 0 Å². The Morgan fingerprint density at radius 2 is 2.12 bits per heavy atom. The lowest BCUT2D eigenvalue weighted by molar-refractivity contribution is -0.0756. The molecule has 136 valence electrons. The van der Waals surface area contributed by atoms with Gasteiger partial charge in [0.05, 0.1) is 18.3 Å². The fourth-order valence-electron chi connectivity index (χ4n) is 3.05. The lowest BCUT2D eigenvalue weighted by atomic mass is 10.1. The first-order valence-electron chi connectivity index (χ1n) is 8.38. The number of ether oxygens (including phenoxy) is 2. The first kappa shape index (κ1) is 18.7. The monoisotopic (exact) mass is 338 g/mol. The van der Waals surface area contributed by atoms with E-state index >= 15 is 0 Å². The molecule has 1 saturated heterocycles. The summed E-state index contributed by atoms with van der Waals surface area (Å²) in [7, 11) is 1.89. The predicted octanol–water partition coefficient (Wildman–Crippen LogP) is 2.27. The van der Waals surface area contributed by atoms with Crippen LogP contribution in [0.2, 0.25) is 0 Å². The van der Waals surface area contributed by atoms with Crippen LogP contribution in [0.5, 0.6) is 0 Å². The van der Waals surface area contributed by atoms with Crippen LogP contribution in [0.1, 0.15) is 47.1 Å². The Kier molecular flexibility index (Phi) is 5.25. The number of amides is 1. The highest BCUT2D eigenvalue weighted by molar-refractivity contribution is 5.70. The zero-order valence-corrected chi connectivity index (χ0v) is 15.8. The molecule has 1 aliphatic rings. The molecule has 0 aromatic carbocycles. The second-order valence-electron chi connectivity index (χ2n) is 7.84. The van der Waals surface area contributed by atoms with Crippen molar-refractivity contribution in [3.05, 3.63) is 18.0 Å². The Morgan fingerprint density at radius 1 is 1.46 bits per heavy atom. The average Bonchev–Trinajstić information content (AvgIpc) is 2.88. The fraction of sp³-hybridized carbons (Fsp3) is 0.765. The molecule has 0 spiro atoms. The number of aryl methyl sites for hydroxylation is 1. The van der Waals surface area contributed by atoms with Crippen molar-refractivity contribution in [2.24, 2.45) is 7.05 Å². The van der Waals surface area contributed by atoms with E-state index in [0.29, 0.717) is 13.1 Å². The van der Waals surface area contributed by atoms with Crippen LogP contribution in [0.25, 0.3) is 0 Å². The van der Waals surface area contributed by atoms with Gasteiger partial charge in [0.15, 0.2) is 0 Å². The molecule has 1 N–H and O–H groups in total. The van der Waals surface area contributed by atoms with Crippen LogP contribution in [-0.2, 0) is 23.1 Å². The molecule has 0 aliphatic carbocycles. The van der Waals surface area contributed by atoms with E-state index in [4.69, 9.17) is 9.47 Å². The topological polar surface area (TPSA) is 68.6 Å². The average molecular weight is 338 g/mol. The summed E-state index contributed by atoms with van der Waals surface area (Å²) in [5, 5.41) is 7.55. The second-order valence-corrected chi connectivity index (χ2v) is 7.84. The fourth-order valence-corrected chi connectivity index (χ4v) is 3.05. The zero-order valence-electron chi connectivity index (χ0n) is 15.8. The van der Waals surface area contributed by atoms with Gasteiger partial charge in [0.1, 0.15) is 11.3 Å². The minimum atomic E-state index is -0.692. The molecule has 1 amide bonds. The van der Waals surface area contributed by atoms with E-state index < -0.39 is 11.3 Å². The van der Waals surface area contributed by atoms with Gasteiger partial charge >= 0.3 is 6.09 Å². The van der Waals surface area contributed by atoms with Crippen LogP contribution >= 0.6 is 0 Å². The van der Waals surface area contributed by atoms with Gasteiger partial charge in [-0.05, 0) is 41.5 Å². The Hall–Kier alpha value is -1.60. The summed E-state index contributed by atoms with van der Waals surface area (Å²) in [5.41, 5.74) is -0.123. The molecule has 24 heavy (non-hydrogen) atoms. The Morgan fingerprint density at radius 3 is 2.67 bits per heavy atom. The number of aromatic nitrogens is 2. The van der Waals surface area contributed by atoms with Crippen LogP contribution in [-0.4, -0.2) is 50.8 Å². The van der Waals surface area contributed by atoms with E-state index in [9.17, 15) is 4.79 Å². The lowest BCUT2D eigenvalue weighted by Gasteiger charge is -2.35. The molecule has 7 nitrogen and oxygen atoms in total. The number of hydrogen-bond acceptors (Lipinski definition) is 5. The smallest absolute Gasteiger partial charge is 0.412 e. The normalized spacial score (nSPS) is 23.5. The number of hydrogen-bond donors (Lipinski definition) is 1. The second kappa shape index (κ2) is 6.72. The minimum Gasteiger partial charge on any atom is -0.444 e. The van der Waals surface area contributed by atoms with Crippen molar-refractivity contribution in [3.63, 3.8) is 0 Å². The van der Waals surface area contributed by atoms with Crippen LogP contribution in [0.3, 0.4) is 0 Å². The third kappa shape index (κ3) is 4.48. The third-order valence-corrected chi connectivity index (χ3v) is 3.96. The number of nitrogens with zero attached hydrogens (tertiary/aromatic N) is 3. The van der Waals surface area contributed by atoms with Gasteiger partial charge in [-0.2, -0.15) is 5.10 Å². The van der Waals surface area contributed by atoms with Crippen molar-refractivity contribution < 1.29 is 14.3 Å². The molecule has 1 aromatic heterocycles. The van der Waals surface area contributed by atoms with E-state index in [1.807, 2.05) is 61.0 Å². The highest BCUT2D eigenvalue weighted by atomic mass is 16.6. The van der Waals surface area contributed by atoms with E-state index in [2.05, 4.69) is 10.4 Å². The van der Waals surface area contributed by atoms with Gasteiger partial charge in [0, 0.05) is 31.9 Å². The number of carbonyl (C=O) groups is 1. The molecule has 2 heterocycles. The van der Waals surface area contributed by atoms with Gasteiger partial charge in [-0.15, -0.1) is 0 Å². The van der Waals surface area contributed by atoms with Crippen LogP contribution in [0, 0.1) is 0 Å². The molecule has 2 atom stereocenters. The quantitative estimate of drug-likeness (QED) is 0.912. The highest BCUT2D eigenvalue weighted by Gasteiger charge is 2.49. The molecule has 1 fully saturated rings. The van der Waals surface area contributed by atoms with Gasteiger partial charge in [0.25, 0.3) is 0 Å². The van der Waals surface area contributed by atoms with Gasteiger partial charge in [-0.3, -0.25) is 9.58 Å². The number of rotatable bonds is 4. The maximum atomic E-state index is 12.7. The molecule has 0 bridgehead atoms. The summed E-state index contributed by atoms with van der Waals surface area (Å²) in [6, 6.07) is -0.0912. The molecule has 0 saturated carbocycles. The Balaban J connectivity index is 2.03. The maximum Gasteiger partial charge on any atom is 0.412 e. The molecule has 0 unspecified atom stereocenters. The summed E-state index contributed by atoms with van der Waals surface area (Å²) >= 11 is 0. The largest absolute Gasteiger partial charge is 0.444 e. The van der Waals surface area contributed by atoms with E-state index in [0.717, 1.165) is 5.56 Å². The van der Waals surface area contributed by atoms with Crippen LogP contribution in [0.4, 0.5) is 4.79 Å². The SMILES string of the molecule is C[C@@H]1OC(C)(C)N(C(=O)OC(C)(C)C)[C@H]1CNCc1cnn(C)c1. The van der Waals surface area contributed by atoms with Crippen molar-refractivity contribution in [2.75, 3.05) is 6.54 Å². The minimum absolute atomic E-state index is 0.0751. The summed E-state index contributed by atoms with van der Waals surface area (Å²) in [4.78, 5) is 14.4. The lowest BCUT2D eigenvalue weighted by Crippen LogP contribution is -2.53. The Labute approximate surface area is 144 Å². The summed E-state index contributed by atoms with van der Waals surface area (Å²) < 4.78 is 13.3. The van der Waals surface area contributed by atoms with Crippen LogP contribution in [0.15, 0.2) is 12.4 Å². The van der Waals surface area contributed by atoms with E-state index in [1.54, 1.807) is 9.58 Å². The van der Waals surface area contributed by atoms with E-state index in [-0.39, 0.29) is 18.2 Å². The van der Waals surface area contributed by atoms with Crippen molar-refractivity contribution in [2.45, 2.75) is 71.6 Å². The van der Waals surface area contributed by atoms with E-state index in [1.165, 1.54) is 0 Å². The van der Waals surface area contributed by atoms with Gasteiger partial charge in [0.2, 0.25) is 0 Å². The molecule has 2 rings (SSSR count). The predicted molar refractivity (Wildman–Crippen MR) is 91.4 cm³/mol. The highest BCUT2D eigenvalue weighted by Crippen LogP contribution is 2.33. The van der Waals surface area contributed by atoms with Crippen LogP contribution < -0.4 is 5.32 Å². The van der Waals surface area contributed by atoms with Crippen molar-refractivity contribution >= 4 is 6.09 Å². The molecule has 7 heteroatoms. The Bertz CT molecular complexity index is 577. The molecule has 0 radical (unpaired) electrons. The van der Waals surface area contributed by atoms with Gasteiger partial charge in [-0.1, -0.05) is 0 Å². The van der Waals surface area contributed by atoms with Crippen molar-refractivity contribution in [1.29, 1.82) is 0 Å². The number of carbonyl (C=O) groups excluding carboxylic acids is 1. The summed E-state index contributed by atoms with van der Waals surface area (Å²) in [6.45, 7) is 12.7. The molecular formula is C17H30N4O3. The third-order valence-electron chi connectivity index (χ3n) is 3.96. The zero-order chi connectivity index (χ0) is 18.1.